The molecule has 0 radical (unpaired) electrons. The number of hydrogen-bond donors (Lipinski definition) is 2. The lowest BCUT2D eigenvalue weighted by atomic mass is 10.1. The number of unbranched alkanes of at least 4 members (excludes halogenated alkanes) is 6. The molecule has 0 spiro atoms. The quantitative estimate of drug-likeness (QED) is 0.233. The van der Waals surface area contributed by atoms with Gasteiger partial charge in [0.15, 0.2) is 0 Å². The summed E-state index contributed by atoms with van der Waals surface area (Å²) in [7, 11) is -0.640. The van der Waals surface area contributed by atoms with E-state index in [9.17, 15) is 4.79 Å². The summed E-state index contributed by atoms with van der Waals surface area (Å²) in [5, 5.41) is 9.39. The highest BCUT2D eigenvalue weighted by Crippen LogP contribution is 2.41. The smallest absolute Gasteiger partial charge is 0.150 e. The molecular formula is C23H38OS2. The van der Waals surface area contributed by atoms with Crippen LogP contribution in [0, 0.1) is 0 Å². The SMILES string of the molecule is CCCCCCC1=C[SH](CC(=O)C[SH]2C=CC(CCCCCC)=C2)C=C1. The molecule has 3 heteroatoms. The van der Waals surface area contributed by atoms with Crippen molar-refractivity contribution in [3.05, 3.63) is 44.9 Å². The van der Waals surface area contributed by atoms with Crippen molar-refractivity contribution >= 4 is 27.6 Å². The topological polar surface area (TPSA) is 17.1 Å². The molecule has 0 aromatic rings. The third-order valence-electron chi connectivity index (χ3n) is 4.98. The second-order valence-electron chi connectivity index (χ2n) is 7.54. The van der Waals surface area contributed by atoms with Crippen LogP contribution in [0.15, 0.2) is 44.9 Å². The Balaban J connectivity index is 1.65. The molecule has 148 valence electrons. The Morgan fingerprint density at radius 2 is 1.19 bits per heavy atom. The van der Waals surface area contributed by atoms with Crippen LogP contribution in [0.3, 0.4) is 0 Å². The lowest BCUT2D eigenvalue weighted by molar-refractivity contribution is -0.114. The molecule has 2 unspecified atom stereocenters. The molecule has 2 atom stereocenters. The number of carbonyl (C=O) groups is 1. The molecule has 1 nitrogen and oxygen atoms in total. The summed E-state index contributed by atoms with van der Waals surface area (Å²) in [6.45, 7) is 4.51. The molecule has 2 aliphatic rings. The van der Waals surface area contributed by atoms with E-state index in [2.05, 4.69) is 47.6 Å². The van der Waals surface area contributed by atoms with Crippen molar-refractivity contribution in [2.75, 3.05) is 11.5 Å². The van der Waals surface area contributed by atoms with E-state index in [1.807, 2.05) is 0 Å². The molecule has 0 aromatic heterocycles. The van der Waals surface area contributed by atoms with E-state index in [0.29, 0.717) is 5.78 Å². The number of Topliss-reactive ketones (excluding diaryl/α,β-unsaturated/α-hetero) is 1. The molecule has 0 saturated carbocycles. The minimum Gasteiger partial charge on any atom is -0.298 e. The molecule has 0 amide bonds. The molecule has 0 aromatic carbocycles. The van der Waals surface area contributed by atoms with Crippen LogP contribution in [0.1, 0.15) is 78.1 Å². The summed E-state index contributed by atoms with van der Waals surface area (Å²) in [5.41, 5.74) is 2.95. The summed E-state index contributed by atoms with van der Waals surface area (Å²) in [4.78, 5) is 12.5. The van der Waals surface area contributed by atoms with Crippen molar-refractivity contribution in [3.63, 3.8) is 0 Å². The van der Waals surface area contributed by atoms with Crippen LogP contribution in [0.25, 0.3) is 0 Å². The largest absolute Gasteiger partial charge is 0.298 e. The number of carbonyl (C=O) groups excluding carboxylic acids is 1. The van der Waals surface area contributed by atoms with Gasteiger partial charge in [0.25, 0.3) is 0 Å². The highest BCUT2D eigenvalue weighted by atomic mass is 32.2. The normalized spacial score (nSPS) is 24.1. The first-order chi connectivity index (χ1) is 12.7. The van der Waals surface area contributed by atoms with Crippen LogP contribution >= 0.6 is 21.8 Å². The number of allylic oxidation sites excluding steroid dienone is 4. The maximum atomic E-state index is 12.5. The van der Waals surface area contributed by atoms with E-state index in [4.69, 9.17) is 0 Å². The summed E-state index contributed by atoms with van der Waals surface area (Å²) < 4.78 is 0. The maximum Gasteiger partial charge on any atom is 0.150 e. The molecule has 2 aliphatic heterocycles. The van der Waals surface area contributed by atoms with Gasteiger partial charge in [0.05, 0.1) is 0 Å². The highest BCUT2D eigenvalue weighted by molar-refractivity contribution is 8.24. The average molecular weight is 395 g/mol. The fraction of sp³-hybridized carbons (Fsp3) is 0.609. The van der Waals surface area contributed by atoms with Crippen LogP contribution in [-0.4, -0.2) is 17.3 Å². The predicted octanol–water partition coefficient (Wildman–Crippen LogP) is 7.32. The van der Waals surface area contributed by atoms with Gasteiger partial charge in [-0.25, -0.2) is 21.8 Å². The Morgan fingerprint density at radius 3 is 1.62 bits per heavy atom. The molecule has 0 bridgehead atoms. The Kier molecular flexibility index (Phi) is 10.5. The van der Waals surface area contributed by atoms with E-state index in [0.717, 1.165) is 11.5 Å². The van der Waals surface area contributed by atoms with E-state index in [1.165, 1.54) is 75.4 Å². The number of hydrogen-bond acceptors (Lipinski definition) is 1. The number of rotatable bonds is 14. The van der Waals surface area contributed by atoms with Crippen LogP contribution in [0.5, 0.6) is 0 Å². The standard InChI is InChI=1S/C23H38OS2/c1-3-5-7-9-11-21-13-15-25(17-21)19-23(24)20-26-16-14-22(18-26)12-10-8-6-4-2/h13-18,25-26H,3-12,19-20H2,1-2H3. The molecule has 2 rings (SSSR count). The second-order valence-corrected chi connectivity index (χ2v) is 11.3. The van der Waals surface area contributed by atoms with Crippen molar-refractivity contribution < 1.29 is 4.79 Å². The minimum absolute atomic E-state index is 0.320. The van der Waals surface area contributed by atoms with Crippen LogP contribution in [0.2, 0.25) is 0 Å². The molecule has 0 fully saturated rings. The Bertz CT molecular complexity index is 509. The zero-order chi connectivity index (χ0) is 18.6. The number of thiol groups is 2. The van der Waals surface area contributed by atoms with Gasteiger partial charge in [-0.1, -0.05) is 64.5 Å². The second kappa shape index (κ2) is 12.7. The summed E-state index contributed by atoms with van der Waals surface area (Å²) >= 11 is 0. The zero-order valence-corrected chi connectivity index (χ0v) is 18.5. The van der Waals surface area contributed by atoms with Crippen molar-refractivity contribution in [1.82, 2.24) is 0 Å². The van der Waals surface area contributed by atoms with Gasteiger partial charge in [0, 0.05) is 11.5 Å². The summed E-state index contributed by atoms with van der Waals surface area (Å²) in [6.07, 6.45) is 17.5. The summed E-state index contributed by atoms with van der Waals surface area (Å²) in [6, 6.07) is 0. The van der Waals surface area contributed by atoms with Crippen LogP contribution < -0.4 is 0 Å². The monoisotopic (exact) mass is 394 g/mol. The van der Waals surface area contributed by atoms with E-state index < -0.39 is 0 Å². The third kappa shape index (κ3) is 8.35. The first kappa shape index (κ1) is 21.6. The van der Waals surface area contributed by atoms with Crippen molar-refractivity contribution in [1.29, 1.82) is 0 Å². The Hall–Kier alpha value is -0.670. The van der Waals surface area contributed by atoms with Gasteiger partial charge in [-0.05, 0) is 58.5 Å². The number of ketones is 1. The van der Waals surface area contributed by atoms with Crippen molar-refractivity contribution in [2.45, 2.75) is 78.1 Å². The van der Waals surface area contributed by atoms with Crippen LogP contribution in [0.4, 0.5) is 0 Å². The zero-order valence-electron chi connectivity index (χ0n) is 16.8. The Labute approximate surface area is 166 Å². The van der Waals surface area contributed by atoms with Gasteiger partial charge < -0.3 is 0 Å². The molecule has 0 saturated heterocycles. The molecule has 2 heterocycles. The highest BCUT2D eigenvalue weighted by Gasteiger charge is 2.14. The average Bonchev–Trinajstić information content (AvgIpc) is 3.25. The molecule has 0 aliphatic carbocycles. The first-order valence-electron chi connectivity index (χ1n) is 10.5. The fourth-order valence-electron chi connectivity index (χ4n) is 3.44. The lowest BCUT2D eigenvalue weighted by Crippen LogP contribution is -2.07. The van der Waals surface area contributed by atoms with Crippen molar-refractivity contribution in [3.8, 4) is 0 Å². The first-order valence-corrected chi connectivity index (χ1v) is 13.8. The van der Waals surface area contributed by atoms with Gasteiger partial charge in [0.2, 0.25) is 0 Å². The van der Waals surface area contributed by atoms with Gasteiger partial charge >= 0.3 is 0 Å². The summed E-state index contributed by atoms with van der Waals surface area (Å²) in [5.74, 6) is 1.98. The minimum atomic E-state index is -0.320. The third-order valence-corrected chi connectivity index (χ3v) is 8.81. The van der Waals surface area contributed by atoms with E-state index in [-0.39, 0.29) is 21.8 Å². The van der Waals surface area contributed by atoms with Gasteiger partial charge in [-0.15, -0.1) is 0 Å². The molecular weight excluding hydrogens is 356 g/mol. The van der Waals surface area contributed by atoms with E-state index >= 15 is 0 Å². The maximum absolute atomic E-state index is 12.5. The molecule has 0 N–H and O–H groups in total. The van der Waals surface area contributed by atoms with Gasteiger partial charge in [-0.3, -0.25) is 4.79 Å². The van der Waals surface area contributed by atoms with Gasteiger partial charge in [-0.2, -0.15) is 0 Å². The molecule has 26 heavy (non-hydrogen) atoms. The van der Waals surface area contributed by atoms with Gasteiger partial charge in [0.1, 0.15) is 5.78 Å². The van der Waals surface area contributed by atoms with Crippen LogP contribution in [-0.2, 0) is 4.79 Å². The lowest BCUT2D eigenvalue weighted by Gasteiger charge is -2.13. The van der Waals surface area contributed by atoms with E-state index in [1.54, 1.807) is 0 Å². The Morgan fingerprint density at radius 1 is 0.731 bits per heavy atom. The fourth-order valence-corrected chi connectivity index (χ4v) is 7.27. The van der Waals surface area contributed by atoms with Crippen molar-refractivity contribution in [2.24, 2.45) is 0 Å². The predicted molar refractivity (Wildman–Crippen MR) is 125 cm³/mol.